The van der Waals surface area contributed by atoms with Crippen molar-refractivity contribution in [2.45, 2.75) is 90.9 Å². The Morgan fingerprint density at radius 1 is 0.460 bits per heavy atom. The second-order valence-electron chi connectivity index (χ2n) is 13.8. The fraction of sp³-hybridized carbons (Fsp3) is 0.381. The van der Waals surface area contributed by atoms with Gasteiger partial charge in [-0.3, -0.25) is 29.0 Å². The molecule has 0 aliphatic carbocycles. The molecule has 7 rings (SSSR count). The largest absolute Gasteiger partial charge is 0.274 e. The van der Waals surface area contributed by atoms with Gasteiger partial charge in [-0.25, -0.2) is 0 Å². The van der Waals surface area contributed by atoms with Crippen LogP contribution in [0, 0.1) is 22.7 Å². The van der Waals surface area contributed by atoms with Crippen molar-refractivity contribution < 1.29 is 19.2 Å². The highest BCUT2D eigenvalue weighted by Crippen LogP contribution is 2.48. The lowest BCUT2D eigenvalue weighted by atomic mass is 9.79. The molecule has 8 nitrogen and oxygen atoms in total. The van der Waals surface area contributed by atoms with E-state index in [1.165, 1.54) is 9.80 Å². The summed E-state index contributed by atoms with van der Waals surface area (Å²) in [6.07, 6.45) is 12.2. The number of benzene rings is 5. The van der Waals surface area contributed by atoms with Gasteiger partial charge in [0.1, 0.15) is 0 Å². The Kier molecular flexibility index (Phi) is 8.97. The van der Waals surface area contributed by atoms with Crippen LogP contribution in [0.4, 0.5) is 0 Å². The number of amides is 4. The highest BCUT2D eigenvalue weighted by atomic mass is 16.2. The SMILES string of the molecule is CCCCCCCCN1C(=O)c2ccc3c4c(C#N)cc5c6c(ccc(c7c(C#N)cc(c2c37)C1=O)c64)C(=O)N(CCCCCCCC)C5=O. The molecule has 0 atom stereocenters. The Bertz CT molecular complexity index is 2160. The Morgan fingerprint density at radius 3 is 1.20 bits per heavy atom. The lowest BCUT2D eigenvalue weighted by Gasteiger charge is -2.30. The molecule has 0 aromatic heterocycles. The first kappa shape index (κ1) is 33.2. The molecule has 0 bridgehead atoms. The van der Waals surface area contributed by atoms with Gasteiger partial charge in [0.2, 0.25) is 0 Å². The van der Waals surface area contributed by atoms with Crippen LogP contribution < -0.4 is 0 Å². The first-order valence-corrected chi connectivity index (χ1v) is 18.2. The van der Waals surface area contributed by atoms with Gasteiger partial charge >= 0.3 is 0 Å². The first-order chi connectivity index (χ1) is 24.4. The number of carbonyl (C=O) groups is 4. The molecule has 0 unspecified atom stereocenters. The maximum atomic E-state index is 14.0. The molecule has 0 saturated carbocycles. The lowest BCUT2D eigenvalue weighted by Crippen LogP contribution is -2.41. The molecule has 8 heteroatoms. The van der Waals surface area contributed by atoms with Crippen LogP contribution >= 0.6 is 0 Å². The average Bonchev–Trinajstić information content (AvgIpc) is 3.13. The molecule has 252 valence electrons. The van der Waals surface area contributed by atoms with E-state index < -0.39 is 11.8 Å². The summed E-state index contributed by atoms with van der Waals surface area (Å²) in [5.41, 5.74) is 1.89. The number of unbranched alkanes of at least 4 members (excludes halogenated alkanes) is 10. The van der Waals surface area contributed by atoms with E-state index in [4.69, 9.17) is 0 Å². The third kappa shape index (κ3) is 5.09. The van der Waals surface area contributed by atoms with Gasteiger partial charge in [0, 0.05) is 56.5 Å². The zero-order chi connectivity index (χ0) is 35.1. The molecule has 0 N–H and O–H groups in total. The van der Waals surface area contributed by atoms with Crippen LogP contribution in [0.3, 0.4) is 0 Å². The van der Waals surface area contributed by atoms with Crippen molar-refractivity contribution in [1.29, 1.82) is 10.5 Å². The zero-order valence-electron chi connectivity index (χ0n) is 28.8. The Balaban J connectivity index is 1.38. The minimum absolute atomic E-state index is 0.260. The normalized spacial score (nSPS) is 14.2. The predicted octanol–water partition coefficient (Wildman–Crippen LogP) is 9.39. The highest BCUT2D eigenvalue weighted by molar-refractivity contribution is 6.42. The standard InChI is InChI=1S/C42H40N4O4/c1-3-5-7-9-11-13-19-45-39(47)29-17-15-27-34-26(24-44)22-32-36-30(40(48)46(42(32)50)20-14-12-10-8-6-4-2)18-16-28(38(34)36)33-25(23-43)21-31(41(45)49)35(29)37(27)33/h15-18,21-22H,3-14,19-20H2,1-2H3. The van der Waals surface area contributed by atoms with E-state index in [-0.39, 0.29) is 22.9 Å². The van der Waals surface area contributed by atoms with Gasteiger partial charge in [0.25, 0.3) is 23.6 Å². The second kappa shape index (κ2) is 13.5. The predicted molar refractivity (Wildman–Crippen MR) is 195 cm³/mol. The molecule has 0 fully saturated rings. The summed E-state index contributed by atoms with van der Waals surface area (Å²) in [4.78, 5) is 58.4. The second-order valence-corrected chi connectivity index (χ2v) is 13.8. The third-order valence-electron chi connectivity index (χ3n) is 10.7. The zero-order valence-corrected chi connectivity index (χ0v) is 28.8. The van der Waals surface area contributed by atoms with E-state index in [0.29, 0.717) is 91.3 Å². The third-order valence-corrected chi connectivity index (χ3v) is 10.7. The number of imide groups is 2. The van der Waals surface area contributed by atoms with Crippen LogP contribution in [0.5, 0.6) is 0 Å². The van der Waals surface area contributed by atoms with Crippen molar-refractivity contribution in [3.8, 4) is 12.1 Å². The summed E-state index contributed by atoms with van der Waals surface area (Å²) in [5, 5.41) is 25.4. The topological polar surface area (TPSA) is 122 Å². The van der Waals surface area contributed by atoms with Crippen LogP contribution in [-0.2, 0) is 0 Å². The van der Waals surface area contributed by atoms with Gasteiger partial charge < -0.3 is 0 Å². The number of hydrogen-bond donors (Lipinski definition) is 0. The van der Waals surface area contributed by atoms with Gasteiger partial charge in [-0.05, 0) is 47.9 Å². The van der Waals surface area contributed by atoms with E-state index in [0.717, 1.165) is 64.2 Å². The van der Waals surface area contributed by atoms with Gasteiger partial charge in [0.05, 0.1) is 34.4 Å². The van der Waals surface area contributed by atoms with Crippen molar-refractivity contribution in [1.82, 2.24) is 9.80 Å². The number of nitrogens with zero attached hydrogens (tertiary/aromatic N) is 4. The fourth-order valence-corrected chi connectivity index (χ4v) is 8.25. The smallest absolute Gasteiger partial charge is 0.261 e. The first-order valence-electron chi connectivity index (χ1n) is 18.2. The minimum atomic E-state index is -0.422. The average molecular weight is 665 g/mol. The van der Waals surface area contributed by atoms with Gasteiger partial charge in [-0.15, -0.1) is 0 Å². The van der Waals surface area contributed by atoms with Crippen molar-refractivity contribution in [3.05, 3.63) is 69.8 Å². The summed E-state index contributed by atoms with van der Waals surface area (Å²) in [5.74, 6) is -1.57. The van der Waals surface area contributed by atoms with Crippen LogP contribution in [0.1, 0.15) is 143 Å². The van der Waals surface area contributed by atoms with Gasteiger partial charge in [-0.1, -0.05) is 90.2 Å². The summed E-state index contributed by atoms with van der Waals surface area (Å²) in [7, 11) is 0. The molecule has 4 amide bonds. The molecular formula is C42H40N4O4. The van der Waals surface area contributed by atoms with E-state index in [1.54, 1.807) is 36.4 Å². The van der Waals surface area contributed by atoms with E-state index in [9.17, 15) is 29.7 Å². The molecule has 2 heterocycles. The number of rotatable bonds is 14. The Labute approximate surface area is 291 Å². The minimum Gasteiger partial charge on any atom is -0.274 e. The van der Waals surface area contributed by atoms with Crippen molar-refractivity contribution in [2.75, 3.05) is 13.1 Å². The molecule has 2 aliphatic rings. The molecule has 0 saturated heterocycles. The van der Waals surface area contributed by atoms with Gasteiger partial charge in [0.15, 0.2) is 0 Å². The Morgan fingerprint density at radius 2 is 0.820 bits per heavy atom. The van der Waals surface area contributed by atoms with Gasteiger partial charge in [-0.2, -0.15) is 10.5 Å². The van der Waals surface area contributed by atoms with E-state index >= 15 is 0 Å². The quantitative estimate of drug-likeness (QED) is 0.0504. The molecule has 0 radical (unpaired) electrons. The summed E-state index contributed by atoms with van der Waals surface area (Å²) in [6, 6.07) is 14.7. The maximum Gasteiger partial charge on any atom is 0.261 e. The monoisotopic (exact) mass is 664 g/mol. The fourth-order valence-electron chi connectivity index (χ4n) is 8.25. The molecule has 5 aromatic carbocycles. The molecule has 0 spiro atoms. The molecule has 5 aromatic rings. The summed E-state index contributed by atoms with van der Waals surface area (Å²) >= 11 is 0. The number of carbonyl (C=O) groups excluding carboxylic acids is 4. The lowest BCUT2D eigenvalue weighted by molar-refractivity contribution is 0.0592. The highest BCUT2D eigenvalue weighted by Gasteiger charge is 2.38. The Hall–Kier alpha value is -5.34. The molecule has 50 heavy (non-hydrogen) atoms. The number of fused-ring (bicyclic) bond motifs is 2. The van der Waals surface area contributed by atoms with Crippen molar-refractivity contribution >= 4 is 66.7 Å². The van der Waals surface area contributed by atoms with Crippen molar-refractivity contribution in [2.24, 2.45) is 0 Å². The van der Waals surface area contributed by atoms with Crippen LogP contribution in [-0.4, -0.2) is 46.5 Å². The van der Waals surface area contributed by atoms with Crippen LogP contribution in [0.25, 0.3) is 43.1 Å². The summed E-state index contributed by atoms with van der Waals surface area (Å²) in [6.45, 7) is 4.93. The molecular weight excluding hydrogens is 624 g/mol. The summed E-state index contributed by atoms with van der Waals surface area (Å²) < 4.78 is 0. The van der Waals surface area contributed by atoms with Crippen LogP contribution in [0.2, 0.25) is 0 Å². The maximum absolute atomic E-state index is 14.0. The van der Waals surface area contributed by atoms with Crippen molar-refractivity contribution in [3.63, 3.8) is 0 Å². The van der Waals surface area contributed by atoms with E-state index in [1.807, 2.05) is 0 Å². The number of nitriles is 2. The number of hydrogen-bond acceptors (Lipinski definition) is 6. The van der Waals surface area contributed by atoms with Crippen LogP contribution in [0.15, 0.2) is 36.4 Å². The van der Waals surface area contributed by atoms with E-state index in [2.05, 4.69) is 26.0 Å². The molecule has 2 aliphatic heterocycles.